The summed E-state index contributed by atoms with van der Waals surface area (Å²) in [6.45, 7) is 4.20. The number of amides is 2. The van der Waals surface area contributed by atoms with Crippen LogP contribution in [0.3, 0.4) is 0 Å². The zero-order valence-corrected chi connectivity index (χ0v) is 19.7. The summed E-state index contributed by atoms with van der Waals surface area (Å²) in [5.41, 5.74) is 2.83. The van der Waals surface area contributed by atoms with Crippen molar-refractivity contribution in [1.29, 1.82) is 0 Å². The number of hydrogen-bond acceptors (Lipinski definition) is 5. The van der Waals surface area contributed by atoms with Crippen LogP contribution in [0.1, 0.15) is 40.2 Å². The number of hydrogen-bond donors (Lipinski definition) is 1. The normalized spacial score (nSPS) is 16.6. The molecular formula is C27H28FN5O2. The summed E-state index contributed by atoms with van der Waals surface area (Å²) in [6, 6.07) is 16.4. The first-order valence-corrected chi connectivity index (χ1v) is 12.0. The molecule has 8 heteroatoms. The van der Waals surface area contributed by atoms with Crippen LogP contribution in [-0.2, 0) is 4.79 Å². The van der Waals surface area contributed by atoms with Crippen molar-refractivity contribution in [2.45, 2.75) is 25.7 Å². The Hall–Kier alpha value is -3.81. The molecule has 0 spiro atoms. The van der Waals surface area contributed by atoms with Gasteiger partial charge in [0.15, 0.2) is 5.82 Å². The molecule has 0 saturated carbocycles. The molecule has 0 bridgehead atoms. The molecule has 1 N–H and O–H groups in total. The average Bonchev–Trinajstić information content (AvgIpc) is 2.86. The van der Waals surface area contributed by atoms with Gasteiger partial charge in [-0.1, -0.05) is 18.2 Å². The SMILES string of the molecule is Cc1c(F)cccc1C(=O)N1CCC(c2ccc(NC(=O)C3CN(c4cccnn4)C3)cc2)CC1. The van der Waals surface area contributed by atoms with Crippen LogP contribution in [0.5, 0.6) is 0 Å². The van der Waals surface area contributed by atoms with E-state index in [1.807, 2.05) is 34.1 Å². The third kappa shape index (κ3) is 4.87. The third-order valence-electron chi connectivity index (χ3n) is 7.06. The van der Waals surface area contributed by atoms with Gasteiger partial charge >= 0.3 is 0 Å². The maximum atomic E-state index is 13.9. The van der Waals surface area contributed by atoms with E-state index in [2.05, 4.69) is 27.6 Å². The molecule has 2 amide bonds. The Morgan fingerprint density at radius 3 is 2.43 bits per heavy atom. The molecule has 0 unspecified atom stereocenters. The lowest BCUT2D eigenvalue weighted by Gasteiger charge is -2.38. The molecule has 3 aromatic rings. The fraction of sp³-hybridized carbons (Fsp3) is 0.333. The van der Waals surface area contributed by atoms with Gasteiger partial charge in [0.1, 0.15) is 5.82 Å². The molecule has 2 aliphatic heterocycles. The minimum atomic E-state index is -0.349. The first-order valence-electron chi connectivity index (χ1n) is 12.0. The summed E-state index contributed by atoms with van der Waals surface area (Å²) in [6.07, 6.45) is 3.34. The van der Waals surface area contributed by atoms with Crippen molar-refractivity contribution >= 4 is 23.3 Å². The van der Waals surface area contributed by atoms with Gasteiger partial charge in [0, 0.05) is 43.6 Å². The smallest absolute Gasteiger partial charge is 0.254 e. The van der Waals surface area contributed by atoms with Crippen molar-refractivity contribution in [3.63, 3.8) is 0 Å². The third-order valence-corrected chi connectivity index (χ3v) is 7.06. The summed E-state index contributed by atoms with van der Waals surface area (Å²) in [7, 11) is 0. The van der Waals surface area contributed by atoms with Crippen molar-refractivity contribution in [2.24, 2.45) is 5.92 Å². The van der Waals surface area contributed by atoms with Crippen LogP contribution in [0, 0.1) is 18.7 Å². The zero-order valence-electron chi connectivity index (χ0n) is 19.7. The summed E-state index contributed by atoms with van der Waals surface area (Å²) < 4.78 is 13.9. The minimum absolute atomic E-state index is 0.0114. The molecule has 180 valence electrons. The molecule has 3 heterocycles. The Morgan fingerprint density at radius 2 is 1.74 bits per heavy atom. The summed E-state index contributed by atoms with van der Waals surface area (Å²) in [5, 5.41) is 11.0. The average molecular weight is 474 g/mol. The van der Waals surface area contributed by atoms with Crippen molar-refractivity contribution in [2.75, 3.05) is 36.4 Å². The Morgan fingerprint density at radius 1 is 1.00 bits per heavy atom. The molecule has 7 nitrogen and oxygen atoms in total. The number of aromatic nitrogens is 2. The van der Waals surface area contributed by atoms with Gasteiger partial charge in [0.25, 0.3) is 5.91 Å². The predicted octanol–water partition coefficient (Wildman–Crippen LogP) is 4.02. The van der Waals surface area contributed by atoms with E-state index < -0.39 is 0 Å². The Labute approximate surface area is 204 Å². The van der Waals surface area contributed by atoms with E-state index in [4.69, 9.17) is 0 Å². The van der Waals surface area contributed by atoms with Gasteiger partial charge in [-0.15, -0.1) is 5.10 Å². The Balaban J connectivity index is 1.11. The summed E-state index contributed by atoms with van der Waals surface area (Å²) in [4.78, 5) is 29.3. The number of nitrogens with one attached hydrogen (secondary N) is 1. The number of likely N-dealkylation sites (tertiary alicyclic amines) is 1. The van der Waals surface area contributed by atoms with Gasteiger partial charge in [-0.3, -0.25) is 9.59 Å². The topological polar surface area (TPSA) is 78.4 Å². The van der Waals surface area contributed by atoms with Crippen LogP contribution < -0.4 is 10.2 Å². The van der Waals surface area contributed by atoms with Crippen molar-refractivity contribution in [1.82, 2.24) is 15.1 Å². The van der Waals surface area contributed by atoms with E-state index in [9.17, 15) is 14.0 Å². The lowest BCUT2D eigenvalue weighted by molar-refractivity contribution is -0.120. The number of carbonyl (C=O) groups is 2. The summed E-state index contributed by atoms with van der Waals surface area (Å²) >= 11 is 0. The van der Waals surface area contributed by atoms with E-state index in [-0.39, 0.29) is 23.5 Å². The standard InChI is InChI=1S/C27H28FN5O2/c1-18-23(4-2-5-24(18)28)27(35)32-14-11-20(12-15-32)19-7-9-22(10-8-19)30-26(34)21-16-33(17-21)25-6-3-13-29-31-25/h2-10,13,20-21H,11-12,14-17H2,1H3,(H,30,34). The van der Waals surface area contributed by atoms with Gasteiger partial charge < -0.3 is 15.1 Å². The van der Waals surface area contributed by atoms with Gasteiger partial charge in [-0.25, -0.2) is 4.39 Å². The number of anilines is 2. The highest BCUT2D eigenvalue weighted by Gasteiger charge is 2.33. The number of halogens is 1. The molecule has 5 rings (SSSR count). The highest BCUT2D eigenvalue weighted by molar-refractivity contribution is 5.96. The molecule has 1 aromatic heterocycles. The fourth-order valence-corrected chi connectivity index (χ4v) is 4.80. The van der Waals surface area contributed by atoms with E-state index >= 15 is 0 Å². The Bertz CT molecular complexity index is 1200. The Kier molecular flexibility index (Phi) is 6.44. The maximum Gasteiger partial charge on any atom is 0.254 e. The van der Waals surface area contributed by atoms with Crippen LogP contribution in [-0.4, -0.2) is 53.1 Å². The van der Waals surface area contributed by atoms with Crippen LogP contribution in [0.25, 0.3) is 0 Å². The van der Waals surface area contributed by atoms with E-state index in [1.54, 1.807) is 25.3 Å². The fourth-order valence-electron chi connectivity index (χ4n) is 4.80. The van der Waals surface area contributed by atoms with E-state index in [1.165, 1.54) is 11.6 Å². The zero-order chi connectivity index (χ0) is 24.4. The molecule has 0 atom stereocenters. The molecule has 2 saturated heterocycles. The molecule has 0 radical (unpaired) electrons. The van der Waals surface area contributed by atoms with Crippen LogP contribution in [0.2, 0.25) is 0 Å². The van der Waals surface area contributed by atoms with Crippen molar-refractivity contribution in [3.05, 3.63) is 83.3 Å². The second-order valence-electron chi connectivity index (χ2n) is 9.27. The van der Waals surface area contributed by atoms with Crippen LogP contribution in [0.4, 0.5) is 15.9 Å². The number of benzene rings is 2. The highest BCUT2D eigenvalue weighted by atomic mass is 19.1. The molecule has 2 fully saturated rings. The largest absolute Gasteiger partial charge is 0.353 e. The van der Waals surface area contributed by atoms with E-state index in [0.29, 0.717) is 43.2 Å². The number of nitrogens with zero attached hydrogens (tertiary/aromatic N) is 4. The van der Waals surface area contributed by atoms with Crippen molar-refractivity contribution in [3.8, 4) is 0 Å². The number of rotatable bonds is 5. The molecule has 35 heavy (non-hydrogen) atoms. The lowest BCUT2D eigenvalue weighted by atomic mass is 9.89. The second kappa shape index (κ2) is 9.82. The second-order valence-corrected chi connectivity index (χ2v) is 9.27. The molecular weight excluding hydrogens is 445 g/mol. The molecule has 2 aromatic carbocycles. The van der Waals surface area contributed by atoms with Crippen LogP contribution in [0.15, 0.2) is 60.8 Å². The number of carbonyl (C=O) groups excluding carboxylic acids is 2. The first-order chi connectivity index (χ1) is 17.0. The first kappa shape index (κ1) is 23.0. The van der Waals surface area contributed by atoms with Crippen molar-refractivity contribution < 1.29 is 14.0 Å². The van der Waals surface area contributed by atoms with Gasteiger partial charge in [0.05, 0.1) is 5.92 Å². The molecule has 2 aliphatic rings. The van der Waals surface area contributed by atoms with Gasteiger partial charge in [0.2, 0.25) is 5.91 Å². The quantitative estimate of drug-likeness (QED) is 0.606. The predicted molar refractivity (Wildman–Crippen MR) is 132 cm³/mol. The van der Waals surface area contributed by atoms with Crippen LogP contribution >= 0.6 is 0 Å². The van der Waals surface area contributed by atoms with Gasteiger partial charge in [-0.2, -0.15) is 5.10 Å². The molecule has 0 aliphatic carbocycles. The number of piperidine rings is 1. The highest BCUT2D eigenvalue weighted by Crippen LogP contribution is 2.30. The van der Waals surface area contributed by atoms with E-state index in [0.717, 1.165) is 24.3 Å². The minimum Gasteiger partial charge on any atom is -0.353 e. The lowest BCUT2D eigenvalue weighted by Crippen LogP contribution is -2.52. The summed E-state index contributed by atoms with van der Waals surface area (Å²) in [5.74, 6) is 0.632. The maximum absolute atomic E-state index is 13.9. The van der Waals surface area contributed by atoms with Gasteiger partial charge in [-0.05, 0) is 73.2 Å². The monoisotopic (exact) mass is 473 g/mol.